The first-order valence-electron chi connectivity index (χ1n) is 6.75. The smallest absolute Gasteiger partial charge is 0.335 e. The number of carbonyl (C=O) groups is 2. The Morgan fingerprint density at radius 1 is 1.19 bits per heavy atom. The predicted octanol–water partition coefficient (Wildman–Crippen LogP) is 2.95. The van der Waals surface area contributed by atoms with Gasteiger partial charge >= 0.3 is 5.97 Å². The number of hydrogen-bond acceptors (Lipinski definition) is 3. The van der Waals surface area contributed by atoms with Crippen LogP contribution in [0.25, 0.3) is 0 Å². The van der Waals surface area contributed by atoms with Crippen LogP contribution in [-0.2, 0) is 13.0 Å². The highest BCUT2D eigenvalue weighted by Crippen LogP contribution is 2.24. The molecular formula is C16H15NO3S. The average molecular weight is 301 g/mol. The largest absolute Gasteiger partial charge is 0.478 e. The van der Waals surface area contributed by atoms with E-state index in [1.165, 1.54) is 11.3 Å². The van der Waals surface area contributed by atoms with E-state index in [-0.39, 0.29) is 11.5 Å². The second-order valence-electron chi connectivity index (χ2n) is 5.18. The Labute approximate surface area is 126 Å². The van der Waals surface area contributed by atoms with Gasteiger partial charge < -0.3 is 10.0 Å². The topological polar surface area (TPSA) is 57.6 Å². The van der Waals surface area contributed by atoms with Crippen LogP contribution in [0.5, 0.6) is 0 Å². The maximum Gasteiger partial charge on any atom is 0.335 e. The van der Waals surface area contributed by atoms with Gasteiger partial charge in [0.05, 0.1) is 10.4 Å². The van der Waals surface area contributed by atoms with Crippen molar-refractivity contribution in [3.05, 3.63) is 56.8 Å². The second kappa shape index (κ2) is 5.33. The normalized spacial score (nSPS) is 13.9. The maximum atomic E-state index is 12.5. The third kappa shape index (κ3) is 2.69. The van der Waals surface area contributed by atoms with E-state index < -0.39 is 5.97 Å². The summed E-state index contributed by atoms with van der Waals surface area (Å²) in [6, 6.07) is 8.96. The molecule has 1 aliphatic heterocycles. The van der Waals surface area contributed by atoms with Crippen molar-refractivity contribution in [2.24, 2.45) is 0 Å². The molecule has 3 rings (SSSR count). The lowest BCUT2D eigenvalue weighted by atomic mass is 9.97. The highest BCUT2D eigenvalue weighted by Gasteiger charge is 2.23. The Kier molecular flexibility index (Phi) is 3.51. The van der Waals surface area contributed by atoms with Gasteiger partial charge in [-0.1, -0.05) is 6.07 Å². The van der Waals surface area contributed by atoms with Crippen LogP contribution in [0.15, 0.2) is 30.3 Å². The second-order valence-corrected chi connectivity index (χ2v) is 6.46. The molecule has 0 radical (unpaired) electrons. The Hall–Kier alpha value is -2.14. The lowest BCUT2D eigenvalue weighted by Gasteiger charge is -2.28. The number of benzene rings is 1. The fourth-order valence-corrected chi connectivity index (χ4v) is 3.40. The zero-order valence-corrected chi connectivity index (χ0v) is 12.4. The molecule has 0 spiro atoms. The van der Waals surface area contributed by atoms with E-state index in [1.54, 1.807) is 17.0 Å². The van der Waals surface area contributed by atoms with Gasteiger partial charge in [0.15, 0.2) is 0 Å². The first-order chi connectivity index (χ1) is 10.0. The predicted molar refractivity (Wildman–Crippen MR) is 80.9 cm³/mol. The summed E-state index contributed by atoms with van der Waals surface area (Å²) in [5.41, 5.74) is 2.34. The van der Waals surface area contributed by atoms with Gasteiger partial charge in [-0.25, -0.2) is 4.79 Å². The molecule has 21 heavy (non-hydrogen) atoms. The van der Waals surface area contributed by atoms with Crippen molar-refractivity contribution in [1.29, 1.82) is 0 Å². The Morgan fingerprint density at radius 2 is 2.00 bits per heavy atom. The van der Waals surface area contributed by atoms with E-state index >= 15 is 0 Å². The molecule has 1 aromatic heterocycles. The summed E-state index contributed by atoms with van der Waals surface area (Å²) in [7, 11) is 0. The fraction of sp³-hybridized carbons (Fsp3) is 0.250. The number of rotatable bonds is 2. The summed E-state index contributed by atoms with van der Waals surface area (Å²) in [5, 5.41) is 9.06. The lowest BCUT2D eigenvalue weighted by molar-refractivity contribution is 0.0696. The Bertz CT molecular complexity index is 720. The fourth-order valence-electron chi connectivity index (χ4n) is 2.57. The summed E-state index contributed by atoms with van der Waals surface area (Å²) in [5.74, 6) is -0.908. The summed E-state index contributed by atoms with van der Waals surface area (Å²) >= 11 is 1.49. The highest BCUT2D eigenvalue weighted by molar-refractivity contribution is 7.13. The van der Waals surface area contributed by atoms with E-state index in [2.05, 4.69) is 0 Å². The number of aromatic carboxylic acids is 1. The van der Waals surface area contributed by atoms with E-state index in [0.717, 1.165) is 27.3 Å². The number of carbonyl (C=O) groups excluding carboxylic acids is 1. The summed E-state index contributed by atoms with van der Waals surface area (Å²) in [6.45, 7) is 3.13. The van der Waals surface area contributed by atoms with E-state index in [1.807, 2.05) is 25.1 Å². The van der Waals surface area contributed by atoms with Gasteiger partial charge in [-0.05, 0) is 48.7 Å². The molecule has 1 aromatic carbocycles. The molecule has 0 atom stereocenters. The van der Waals surface area contributed by atoms with Crippen molar-refractivity contribution in [1.82, 2.24) is 4.90 Å². The molecule has 1 aliphatic rings. The van der Waals surface area contributed by atoms with Gasteiger partial charge in [0.2, 0.25) is 0 Å². The Morgan fingerprint density at radius 3 is 2.67 bits per heavy atom. The number of aryl methyl sites for hydroxylation is 1. The number of carboxylic acids is 1. The number of amides is 1. The lowest BCUT2D eigenvalue weighted by Crippen LogP contribution is -2.35. The number of fused-ring (bicyclic) bond motifs is 1. The Balaban J connectivity index is 1.84. The number of carboxylic acid groups (broad SMARTS) is 1. The molecular weight excluding hydrogens is 286 g/mol. The number of thiophene rings is 1. The van der Waals surface area contributed by atoms with Gasteiger partial charge in [0.25, 0.3) is 5.91 Å². The van der Waals surface area contributed by atoms with Crippen LogP contribution in [-0.4, -0.2) is 28.4 Å². The van der Waals surface area contributed by atoms with Crippen molar-refractivity contribution < 1.29 is 14.7 Å². The SMILES string of the molecule is Cc1ccc(C(=O)N2CCc3ccc(C(=O)O)cc3C2)s1. The third-order valence-corrected chi connectivity index (χ3v) is 4.69. The summed E-state index contributed by atoms with van der Waals surface area (Å²) in [6.07, 6.45) is 0.769. The van der Waals surface area contributed by atoms with E-state index in [9.17, 15) is 9.59 Å². The maximum absolute atomic E-state index is 12.5. The van der Waals surface area contributed by atoms with Crippen molar-refractivity contribution in [3.63, 3.8) is 0 Å². The summed E-state index contributed by atoms with van der Waals surface area (Å²) < 4.78 is 0. The van der Waals surface area contributed by atoms with Crippen LogP contribution in [0.3, 0.4) is 0 Å². The molecule has 0 aliphatic carbocycles. The number of hydrogen-bond donors (Lipinski definition) is 1. The van der Waals surface area contributed by atoms with Crippen molar-refractivity contribution in [2.75, 3.05) is 6.54 Å². The molecule has 1 N–H and O–H groups in total. The molecule has 0 unspecified atom stereocenters. The molecule has 0 bridgehead atoms. The van der Waals surface area contributed by atoms with Crippen LogP contribution in [0.4, 0.5) is 0 Å². The highest BCUT2D eigenvalue weighted by atomic mass is 32.1. The van der Waals surface area contributed by atoms with Crippen LogP contribution in [0, 0.1) is 6.92 Å². The molecule has 1 amide bonds. The molecule has 2 heterocycles. The molecule has 0 fully saturated rings. The van der Waals surface area contributed by atoms with Gasteiger partial charge in [-0.2, -0.15) is 0 Å². The van der Waals surface area contributed by atoms with Crippen molar-refractivity contribution >= 4 is 23.2 Å². The van der Waals surface area contributed by atoms with Gasteiger partial charge in [-0.15, -0.1) is 11.3 Å². The zero-order chi connectivity index (χ0) is 15.0. The minimum absolute atomic E-state index is 0.0273. The molecule has 0 saturated heterocycles. The van der Waals surface area contributed by atoms with Gasteiger partial charge in [0, 0.05) is 18.0 Å². The minimum atomic E-state index is -0.935. The van der Waals surface area contributed by atoms with Crippen molar-refractivity contribution in [2.45, 2.75) is 19.9 Å². The average Bonchev–Trinajstić information content (AvgIpc) is 2.91. The zero-order valence-electron chi connectivity index (χ0n) is 11.6. The van der Waals surface area contributed by atoms with E-state index in [0.29, 0.717) is 13.1 Å². The standard InChI is InChI=1S/C16H15NO3S/c1-10-2-5-14(21-10)15(18)17-7-6-11-3-4-12(16(19)20)8-13(11)9-17/h2-5,8H,6-7,9H2,1H3,(H,19,20). The monoisotopic (exact) mass is 301 g/mol. The third-order valence-electron chi connectivity index (χ3n) is 3.70. The van der Waals surface area contributed by atoms with Gasteiger partial charge in [0.1, 0.15) is 0 Å². The van der Waals surface area contributed by atoms with Crippen molar-refractivity contribution in [3.8, 4) is 0 Å². The first kappa shape index (κ1) is 13.8. The van der Waals surface area contributed by atoms with Crippen LogP contribution >= 0.6 is 11.3 Å². The van der Waals surface area contributed by atoms with Crippen LogP contribution < -0.4 is 0 Å². The van der Waals surface area contributed by atoms with Crippen LogP contribution in [0.1, 0.15) is 36.0 Å². The van der Waals surface area contributed by atoms with Gasteiger partial charge in [-0.3, -0.25) is 4.79 Å². The quantitative estimate of drug-likeness (QED) is 0.928. The molecule has 0 saturated carbocycles. The molecule has 5 heteroatoms. The molecule has 2 aromatic rings. The van der Waals surface area contributed by atoms with Crippen LogP contribution in [0.2, 0.25) is 0 Å². The molecule has 4 nitrogen and oxygen atoms in total. The number of nitrogens with zero attached hydrogens (tertiary/aromatic N) is 1. The first-order valence-corrected chi connectivity index (χ1v) is 7.57. The molecule has 108 valence electrons. The minimum Gasteiger partial charge on any atom is -0.478 e. The van der Waals surface area contributed by atoms with E-state index in [4.69, 9.17) is 5.11 Å². The summed E-state index contributed by atoms with van der Waals surface area (Å²) in [4.78, 5) is 27.2.